The number of esters is 1. The highest BCUT2D eigenvalue weighted by Crippen LogP contribution is 2.48. The van der Waals surface area contributed by atoms with Gasteiger partial charge in [0.25, 0.3) is 5.56 Å². The zero-order valence-corrected chi connectivity index (χ0v) is 22.9. The van der Waals surface area contributed by atoms with Crippen molar-refractivity contribution in [1.29, 1.82) is 0 Å². The average Bonchev–Trinajstić information content (AvgIpc) is 3.06. The van der Waals surface area contributed by atoms with E-state index in [0.717, 1.165) is 28.2 Å². The van der Waals surface area contributed by atoms with E-state index in [-0.39, 0.29) is 5.75 Å². The zero-order chi connectivity index (χ0) is 27.5. The second-order valence-electron chi connectivity index (χ2n) is 8.85. The van der Waals surface area contributed by atoms with E-state index in [4.69, 9.17) is 18.5 Å². The van der Waals surface area contributed by atoms with Gasteiger partial charge in [-0.2, -0.15) is 5.09 Å². The molecule has 2 unspecified atom stereocenters. The van der Waals surface area contributed by atoms with E-state index in [0.29, 0.717) is 0 Å². The molecule has 37 heavy (non-hydrogen) atoms. The summed E-state index contributed by atoms with van der Waals surface area (Å²) in [5.74, 6) is -0.978. The molecule has 12 nitrogen and oxygen atoms in total. The lowest BCUT2D eigenvalue weighted by Gasteiger charge is -2.27. The molecule has 1 saturated heterocycles. The van der Waals surface area contributed by atoms with Gasteiger partial charge in [-0.1, -0.05) is 29.8 Å². The number of hydrogen-bond acceptors (Lipinski definition) is 9. The average molecular weight is 608 g/mol. The fourth-order valence-electron chi connectivity index (χ4n) is 3.63. The van der Waals surface area contributed by atoms with E-state index >= 15 is 4.39 Å². The summed E-state index contributed by atoms with van der Waals surface area (Å²) in [4.78, 5) is 37.8. The van der Waals surface area contributed by atoms with E-state index in [9.17, 15) is 24.1 Å². The van der Waals surface area contributed by atoms with Gasteiger partial charge in [0, 0.05) is 16.7 Å². The van der Waals surface area contributed by atoms with E-state index in [1.807, 2.05) is 4.98 Å². The molecule has 3 rings (SSSR count). The molecule has 1 aromatic carbocycles. The molecule has 2 aromatic rings. The van der Waals surface area contributed by atoms with E-state index in [1.165, 1.54) is 19.2 Å². The molecule has 204 valence electrons. The maximum Gasteiger partial charge on any atom is 0.459 e. The molecule has 1 fully saturated rings. The van der Waals surface area contributed by atoms with Gasteiger partial charge < -0.3 is 19.1 Å². The van der Waals surface area contributed by atoms with Crippen LogP contribution in [0.15, 0.2) is 50.6 Å². The zero-order valence-electron chi connectivity index (χ0n) is 20.4. The van der Waals surface area contributed by atoms with Crippen molar-refractivity contribution in [3.05, 3.63) is 61.8 Å². The number of benzene rings is 1. The van der Waals surface area contributed by atoms with Gasteiger partial charge in [-0.3, -0.25) is 23.7 Å². The third kappa shape index (κ3) is 6.75. The molecular weight excluding hydrogens is 580 g/mol. The van der Waals surface area contributed by atoms with Gasteiger partial charge in [-0.25, -0.2) is 13.8 Å². The quantitative estimate of drug-likeness (QED) is 0.270. The third-order valence-corrected chi connectivity index (χ3v) is 7.75. The number of aliphatic hydroxyl groups is 1. The molecule has 1 aliphatic rings. The highest BCUT2D eigenvalue weighted by Gasteiger charge is 2.56. The lowest BCUT2D eigenvalue weighted by molar-refractivity contribution is -0.143. The van der Waals surface area contributed by atoms with Crippen molar-refractivity contribution in [3.63, 3.8) is 0 Å². The van der Waals surface area contributed by atoms with Crippen molar-refractivity contribution in [2.24, 2.45) is 5.92 Å². The number of carbonyl (C=O) groups excluding carboxylic acids is 1. The van der Waals surface area contributed by atoms with Crippen LogP contribution in [0.1, 0.15) is 27.0 Å². The van der Waals surface area contributed by atoms with Crippen LogP contribution >= 0.6 is 23.7 Å². The van der Waals surface area contributed by atoms with Crippen molar-refractivity contribution in [2.45, 2.75) is 50.9 Å². The first-order chi connectivity index (χ1) is 17.3. The molecule has 1 aliphatic heterocycles. The summed E-state index contributed by atoms with van der Waals surface area (Å²) < 4.78 is 52.2. The lowest BCUT2D eigenvalue weighted by atomic mass is 9.98. The van der Waals surface area contributed by atoms with Crippen LogP contribution in [-0.2, 0) is 23.4 Å². The summed E-state index contributed by atoms with van der Waals surface area (Å²) in [7, 11) is -3.19. The molecule has 0 aliphatic carbocycles. The molecule has 15 heteroatoms. The monoisotopic (exact) mass is 607 g/mol. The summed E-state index contributed by atoms with van der Waals surface area (Å²) in [6.07, 6.45) is -3.82. The Morgan fingerprint density at radius 1 is 1.32 bits per heavy atom. The number of halogens is 2. The number of ether oxygens (including phenoxy) is 2. The maximum atomic E-state index is 15.5. The molecule has 1 aromatic heterocycles. The molecule has 6 atom stereocenters. The Morgan fingerprint density at radius 2 is 1.97 bits per heavy atom. The summed E-state index contributed by atoms with van der Waals surface area (Å²) in [6.45, 7) is 3.73. The fraction of sp³-hybridized carbons (Fsp3) is 0.500. The molecule has 0 bridgehead atoms. The predicted octanol–water partition coefficient (Wildman–Crippen LogP) is 2.28. The number of nitrogens with zero attached hydrogens (tertiary/aromatic N) is 1. The van der Waals surface area contributed by atoms with Crippen molar-refractivity contribution in [1.82, 2.24) is 14.6 Å². The number of rotatable bonds is 10. The van der Waals surface area contributed by atoms with Gasteiger partial charge in [0.2, 0.25) is 0 Å². The van der Waals surface area contributed by atoms with E-state index in [1.54, 1.807) is 26.0 Å². The molecule has 2 heterocycles. The topological polar surface area (TPSA) is 158 Å². The molecular formula is C22H28BrFN3O9P. The van der Waals surface area contributed by atoms with Gasteiger partial charge in [0.1, 0.15) is 24.0 Å². The summed E-state index contributed by atoms with van der Waals surface area (Å²) in [6, 6.07) is 6.17. The number of carbonyl (C=O) groups is 1. The van der Waals surface area contributed by atoms with Crippen LogP contribution in [0.25, 0.3) is 0 Å². The van der Waals surface area contributed by atoms with Crippen molar-refractivity contribution in [3.8, 4) is 5.75 Å². The van der Waals surface area contributed by atoms with Gasteiger partial charge in [-0.05, 0) is 37.1 Å². The molecule has 0 saturated carbocycles. The Kier molecular flexibility index (Phi) is 9.14. The fourth-order valence-corrected chi connectivity index (χ4v) is 5.56. The number of alkyl halides is 1. The smallest absolute Gasteiger partial charge is 0.459 e. The summed E-state index contributed by atoms with van der Waals surface area (Å²) in [5.41, 5.74) is -4.13. The van der Waals surface area contributed by atoms with E-state index in [2.05, 4.69) is 21.0 Å². The van der Waals surface area contributed by atoms with Crippen molar-refractivity contribution in [2.75, 3.05) is 13.7 Å². The number of aromatic amines is 1. The first-order valence-corrected chi connectivity index (χ1v) is 13.5. The van der Waals surface area contributed by atoms with Crippen LogP contribution in [-0.4, -0.2) is 58.3 Å². The number of aliphatic hydroxyl groups excluding tert-OH is 1. The first-order valence-electron chi connectivity index (χ1n) is 11.2. The number of nitrogens with one attached hydrogen (secondary N) is 2. The van der Waals surface area contributed by atoms with E-state index < -0.39 is 67.6 Å². The molecule has 3 N–H and O–H groups in total. The number of methoxy groups -OCH3 is 1. The minimum Gasteiger partial charge on any atom is -0.468 e. The summed E-state index contributed by atoms with van der Waals surface area (Å²) in [5, 5.41) is 13.2. The highest BCUT2D eigenvalue weighted by molar-refractivity contribution is 9.10. The number of aromatic nitrogens is 2. The minimum atomic E-state index is -4.36. The van der Waals surface area contributed by atoms with Gasteiger partial charge in [0.05, 0.1) is 13.7 Å². The SMILES string of the molecule is COC(=O)[C@@H](NP(=O)(OC[C@H]1O[C@@H](n2ccc(=O)[nH]c2=O)C(C)(F)[C@@H]1O)Oc1ccc(Br)cc1)C(C)C. The summed E-state index contributed by atoms with van der Waals surface area (Å²) >= 11 is 3.28. The van der Waals surface area contributed by atoms with Crippen LogP contribution in [0.4, 0.5) is 4.39 Å². The molecule has 0 amide bonds. The second-order valence-corrected chi connectivity index (χ2v) is 11.5. The maximum absolute atomic E-state index is 15.5. The van der Waals surface area contributed by atoms with Crippen LogP contribution < -0.4 is 20.9 Å². The number of H-pyrrole nitrogens is 1. The standard InChI is InChI=1S/C22H28BrFN3O9P/c1-12(2)17(19(30)33-4)26-37(32,36-14-7-5-13(23)6-8-14)34-11-15-18(29)22(3,24)20(35-15)27-10-9-16(28)25-21(27)31/h5-10,12,15,17-18,20,29H,11H2,1-4H3,(H,26,32)(H,25,28,31)/t15-,17+,18-,20-,22?,37?/m1/s1. The van der Waals surface area contributed by atoms with Crippen LogP contribution in [0.3, 0.4) is 0 Å². The van der Waals surface area contributed by atoms with Crippen LogP contribution in [0.5, 0.6) is 5.75 Å². The van der Waals surface area contributed by atoms with Crippen LogP contribution in [0.2, 0.25) is 0 Å². The van der Waals surface area contributed by atoms with Crippen molar-refractivity contribution >= 4 is 29.6 Å². The molecule has 0 radical (unpaired) electrons. The minimum absolute atomic E-state index is 0.132. The first kappa shape index (κ1) is 29.2. The Bertz CT molecular complexity index is 1270. The Morgan fingerprint density at radius 3 is 2.54 bits per heavy atom. The lowest BCUT2D eigenvalue weighted by Crippen LogP contribution is -2.44. The second kappa shape index (κ2) is 11.6. The van der Waals surface area contributed by atoms with Crippen molar-refractivity contribution < 1.29 is 37.4 Å². The van der Waals surface area contributed by atoms with Gasteiger partial charge in [-0.15, -0.1) is 0 Å². The predicted molar refractivity (Wildman–Crippen MR) is 133 cm³/mol. The van der Waals surface area contributed by atoms with Gasteiger partial charge in [0.15, 0.2) is 11.9 Å². The largest absolute Gasteiger partial charge is 0.468 e. The molecule has 0 spiro atoms. The van der Waals surface area contributed by atoms with Gasteiger partial charge >= 0.3 is 19.4 Å². The normalized spacial score (nSPS) is 26.0. The van der Waals surface area contributed by atoms with Crippen LogP contribution in [0, 0.1) is 5.92 Å². The Labute approximate surface area is 219 Å². The number of hydrogen-bond donors (Lipinski definition) is 3. The third-order valence-electron chi connectivity index (χ3n) is 5.69. The Balaban J connectivity index is 1.86. The highest BCUT2D eigenvalue weighted by atomic mass is 79.9. The Hall–Kier alpha value is -2.35.